The van der Waals surface area contributed by atoms with Crippen LogP contribution in [0, 0.1) is 0 Å². The maximum atomic E-state index is 13.2. The average molecular weight is 509 g/mol. The minimum atomic E-state index is -0.914. The van der Waals surface area contributed by atoms with Gasteiger partial charge in [-0.25, -0.2) is 4.79 Å². The van der Waals surface area contributed by atoms with Gasteiger partial charge in [-0.2, -0.15) is 0 Å². The number of ether oxygens (including phenoxy) is 1. The molecule has 0 aromatic heterocycles. The topological polar surface area (TPSA) is 120 Å². The van der Waals surface area contributed by atoms with Crippen LogP contribution in [0.15, 0.2) is 72.8 Å². The van der Waals surface area contributed by atoms with Gasteiger partial charge in [0.2, 0.25) is 5.91 Å². The summed E-state index contributed by atoms with van der Waals surface area (Å²) in [7, 11) is 0. The van der Waals surface area contributed by atoms with Crippen LogP contribution in [0.3, 0.4) is 0 Å². The molecule has 1 heterocycles. The van der Waals surface area contributed by atoms with Crippen molar-refractivity contribution in [3.8, 4) is 5.75 Å². The number of morpholine rings is 1. The third-order valence-corrected chi connectivity index (χ3v) is 5.78. The van der Waals surface area contributed by atoms with Crippen LogP contribution in [0.1, 0.15) is 5.56 Å². The van der Waals surface area contributed by atoms with Gasteiger partial charge in [-0.05, 0) is 66.2 Å². The Morgan fingerprint density at radius 3 is 2.25 bits per heavy atom. The summed E-state index contributed by atoms with van der Waals surface area (Å²) < 4.78 is 5.16. The Bertz CT molecular complexity index is 1220. The number of phenols is 1. The van der Waals surface area contributed by atoms with Crippen LogP contribution in [-0.4, -0.2) is 48.8 Å². The first-order chi connectivity index (χ1) is 17.4. The van der Waals surface area contributed by atoms with Gasteiger partial charge in [0, 0.05) is 35.1 Å². The summed E-state index contributed by atoms with van der Waals surface area (Å²) in [6.45, 7) is 0.972. The van der Waals surface area contributed by atoms with Gasteiger partial charge in [-0.1, -0.05) is 23.7 Å². The van der Waals surface area contributed by atoms with E-state index >= 15 is 0 Å². The molecule has 0 aliphatic carbocycles. The number of rotatable bonds is 7. The zero-order valence-electron chi connectivity index (χ0n) is 19.2. The average Bonchev–Trinajstić information content (AvgIpc) is 2.87. The SMILES string of the molecule is O=C(Nc1ccc(Cl)cc1)NC(Cc1ccc(O)cc1)C(=O)Nc1ccc(N2CCOCC2=O)cc1. The number of hydrogen-bond donors (Lipinski definition) is 4. The summed E-state index contributed by atoms with van der Waals surface area (Å²) in [6.07, 6.45) is 0.195. The lowest BCUT2D eigenvalue weighted by atomic mass is 10.0. The van der Waals surface area contributed by atoms with Crippen molar-refractivity contribution in [2.24, 2.45) is 0 Å². The van der Waals surface area contributed by atoms with Gasteiger partial charge in [0.1, 0.15) is 18.4 Å². The summed E-state index contributed by atoms with van der Waals surface area (Å²) >= 11 is 5.89. The summed E-state index contributed by atoms with van der Waals surface area (Å²) in [5.41, 5.74) is 2.50. The third-order valence-electron chi connectivity index (χ3n) is 5.53. The van der Waals surface area contributed by atoms with E-state index in [1.54, 1.807) is 65.6 Å². The first kappa shape index (κ1) is 25.0. The highest BCUT2D eigenvalue weighted by molar-refractivity contribution is 6.30. The van der Waals surface area contributed by atoms with Crippen molar-refractivity contribution in [3.63, 3.8) is 0 Å². The Labute approximate surface area is 213 Å². The van der Waals surface area contributed by atoms with E-state index in [0.717, 1.165) is 5.56 Å². The molecule has 1 atom stereocenters. The highest BCUT2D eigenvalue weighted by Crippen LogP contribution is 2.20. The zero-order valence-corrected chi connectivity index (χ0v) is 20.0. The molecule has 0 radical (unpaired) electrons. The lowest BCUT2D eigenvalue weighted by Crippen LogP contribution is -2.47. The number of benzene rings is 3. The van der Waals surface area contributed by atoms with Crippen LogP contribution in [-0.2, 0) is 20.7 Å². The minimum absolute atomic E-state index is 0.0428. The lowest BCUT2D eigenvalue weighted by molar-refractivity contribution is -0.125. The van der Waals surface area contributed by atoms with E-state index in [0.29, 0.717) is 35.2 Å². The maximum Gasteiger partial charge on any atom is 0.319 e. The van der Waals surface area contributed by atoms with Gasteiger partial charge in [0.25, 0.3) is 5.91 Å². The summed E-state index contributed by atoms with van der Waals surface area (Å²) in [6, 6.07) is 18.4. The molecule has 1 aliphatic rings. The number of phenolic OH excluding ortho intramolecular Hbond substituents is 1. The second-order valence-corrected chi connectivity index (χ2v) is 8.60. The van der Waals surface area contributed by atoms with E-state index in [2.05, 4.69) is 16.0 Å². The molecule has 1 unspecified atom stereocenters. The molecule has 3 aromatic carbocycles. The quantitative estimate of drug-likeness (QED) is 0.387. The van der Waals surface area contributed by atoms with E-state index in [4.69, 9.17) is 16.3 Å². The minimum Gasteiger partial charge on any atom is -0.508 e. The number of halogens is 1. The fourth-order valence-corrected chi connectivity index (χ4v) is 3.81. The highest BCUT2D eigenvalue weighted by atomic mass is 35.5. The Kier molecular flexibility index (Phi) is 8.04. The summed E-state index contributed by atoms with van der Waals surface area (Å²) in [4.78, 5) is 39.5. The molecule has 3 aromatic rings. The molecule has 186 valence electrons. The Balaban J connectivity index is 1.45. The smallest absolute Gasteiger partial charge is 0.319 e. The lowest BCUT2D eigenvalue weighted by Gasteiger charge is -2.27. The van der Waals surface area contributed by atoms with Gasteiger partial charge >= 0.3 is 6.03 Å². The van der Waals surface area contributed by atoms with Crippen molar-refractivity contribution >= 4 is 46.5 Å². The fourth-order valence-electron chi connectivity index (χ4n) is 3.68. The van der Waals surface area contributed by atoms with E-state index < -0.39 is 18.0 Å². The normalized spacial score (nSPS) is 14.1. The molecule has 10 heteroatoms. The maximum absolute atomic E-state index is 13.2. The van der Waals surface area contributed by atoms with Crippen LogP contribution in [0.5, 0.6) is 5.75 Å². The van der Waals surface area contributed by atoms with Gasteiger partial charge in [0.15, 0.2) is 0 Å². The van der Waals surface area contributed by atoms with Crippen molar-refractivity contribution < 1.29 is 24.2 Å². The predicted octanol–water partition coefficient (Wildman–Crippen LogP) is 3.78. The number of nitrogens with one attached hydrogen (secondary N) is 3. The van der Waals surface area contributed by atoms with Crippen LogP contribution < -0.4 is 20.9 Å². The van der Waals surface area contributed by atoms with Crippen LogP contribution >= 0.6 is 11.6 Å². The molecule has 0 bridgehead atoms. The Hall–Kier alpha value is -4.08. The molecule has 9 nitrogen and oxygen atoms in total. The number of carbonyl (C=O) groups is 3. The Morgan fingerprint density at radius 2 is 1.58 bits per heavy atom. The van der Waals surface area contributed by atoms with Crippen molar-refractivity contribution in [1.82, 2.24) is 5.32 Å². The van der Waals surface area contributed by atoms with Crippen LogP contribution in [0.4, 0.5) is 21.9 Å². The number of urea groups is 1. The largest absolute Gasteiger partial charge is 0.508 e. The van der Waals surface area contributed by atoms with E-state index in [-0.39, 0.29) is 24.7 Å². The molecule has 4 N–H and O–H groups in total. The monoisotopic (exact) mass is 508 g/mol. The fraction of sp³-hybridized carbons (Fsp3) is 0.192. The molecule has 1 aliphatic heterocycles. The van der Waals surface area contributed by atoms with Crippen LogP contribution in [0.2, 0.25) is 5.02 Å². The molecule has 1 fully saturated rings. The number of hydrogen-bond acceptors (Lipinski definition) is 5. The number of amides is 4. The third kappa shape index (κ3) is 6.74. The van der Waals surface area contributed by atoms with Gasteiger partial charge in [-0.3, -0.25) is 9.59 Å². The van der Waals surface area contributed by atoms with Gasteiger partial charge in [0.05, 0.1) is 6.61 Å². The first-order valence-electron chi connectivity index (χ1n) is 11.3. The number of nitrogens with zero attached hydrogens (tertiary/aromatic N) is 1. The Morgan fingerprint density at radius 1 is 0.944 bits per heavy atom. The van der Waals surface area contributed by atoms with Crippen molar-refractivity contribution in [1.29, 1.82) is 0 Å². The van der Waals surface area contributed by atoms with Gasteiger partial charge < -0.3 is 30.7 Å². The standard InChI is InChI=1S/C26H25ClN4O5/c27-18-3-5-20(6-4-18)29-26(35)30-23(15-17-1-11-22(32)12-2-17)25(34)28-19-7-9-21(10-8-19)31-13-14-36-16-24(31)33/h1-12,23,32H,13-16H2,(H,28,34)(H2,29,30,35). The molecule has 4 rings (SSSR count). The second-order valence-electron chi connectivity index (χ2n) is 8.16. The van der Waals surface area contributed by atoms with E-state index in [1.807, 2.05) is 0 Å². The summed E-state index contributed by atoms with van der Waals surface area (Å²) in [5.74, 6) is -0.445. The van der Waals surface area contributed by atoms with Gasteiger partial charge in [-0.15, -0.1) is 0 Å². The summed E-state index contributed by atoms with van der Waals surface area (Å²) in [5, 5.41) is 18.3. The molecular weight excluding hydrogens is 484 g/mol. The number of aromatic hydroxyl groups is 1. The zero-order chi connectivity index (χ0) is 25.5. The van der Waals surface area contributed by atoms with Crippen LogP contribution in [0.25, 0.3) is 0 Å². The molecule has 4 amide bonds. The second kappa shape index (κ2) is 11.6. The highest BCUT2D eigenvalue weighted by Gasteiger charge is 2.23. The molecule has 0 saturated carbocycles. The van der Waals surface area contributed by atoms with Crippen molar-refractivity contribution in [2.75, 3.05) is 35.3 Å². The molecule has 36 heavy (non-hydrogen) atoms. The predicted molar refractivity (Wildman–Crippen MR) is 137 cm³/mol. The molecular formula is C26H25ClN4O5. The molecule has 1 saturated heterocycles. The van der Waals surface area contributed by atoms with Crippen molar-refractivity contribution in [3.05, 3.63) is 83.4 Å². The number of anilines is 3. The molecule has 0 spiro atoms. The van der Waals surface area contributed by atoms with E-state index in [9.17, 15) is 19.5 Å². The first-order valence-corrected chi connectivity index (χ1v) is 11.7. The number of carbonyl (C=O) groups excluding carboxylic acids is 3. The van der Waals surface area contributed by atoms with E-state index in [1.165, 1.54) is 12.1 Å². The van der Waals surface area contributed by atoms with Crippen molar-refractivity contribution in [2.45, 2.75) is 12.5 Å².